The summed E-state index contributed by atoms with van der Waals surface area (Å²) in [5.74, 6) is 0.603. The fourth-order valence-electron chi connectivity index (χ4n) is 2.96. The second-order valence-corrected chi connectivity index (χ2v) is 6.18. The van der Waals surface area contributed by atoms with Crippen LogP contribution in [-0.2, 0) is 6.54 Å². The number of carbonyl (C=O) groups is 1. The van der Waals surface area contributed by atoms with E-state index in [2.05, 4.69) is 21.4 Å². The lowest BCUT2D eigenvalue weighted by atomic mass is 10.1. The van der Waals surface area contributed by atoms with E-state index in [0.717, 1.165) is 40.6 Å². The molecule has 3 aromatic rings. The van der Waals surface area contributed by atoms with E-state index in [1.54, 1.807) is 18.5 Å². The standard InChI is InChI=1S/C21H19N3O2/c25-21-18-10-9-17-13-22-12-16(20(17)24-18)7-2-1-5-11-26-19-8-4-3-6-15(19)14-23-21/h2-4,6-10,12-13H,1,5,11,14H2,(H,23,25)/b7-2+. The van der Waals surface area contributed by atoms with Gasteiger partial charge in [-0.25, -0.2) is 4.98 Å². The third-order valence-electron chi connectivity index (χ3n) is 4.34. The Morgan fingerprint density at radius 1 is 1.08 bits per heavy atom. The Hall–Kier alpha value is -3.21. The number of hydrogen-bond donors (Lipinski definition) is 1. The van der Waals surface area contributed by atoms with Gasteiger partial charge in [-0.1, -0.05) is 30.4 Å². The van der Waals surface area contributed by atoms with E-state index in [9.17, 15) is 4.79 Å². The topological polar surface area (TPSA) is 64.1 Å². The zero-order valence-corrected chi connectivity index (χ0v) is 14.3. The number of fused-ring (bicyclic) bond motifs is 2. The highest BCUT2D eigenvalue weighted by Gasteiger charge is 2.11. The molecule has 3 heterocycles. The van der Waals surface area contributed by atoms with Crippen molar-refractivity contribution in [3.63, 3.8) is 0 Å². The van der Waals surface area contributed by atoms with Crippen LogP contribution in [-0.4, -0.2) is 22.5 Å². The number of aromatic nitrogens is 2. The van der Waals surface area contributed by atoms with Crippen molar-refractivity contribution in [2.75, 3.05) is 6.61 Å². The molecule has 0 atom stereocenters. The normalized spacial score (nSPS) is 16.1. The van der Waals surface area contributed by atoms with Gasteiger partial charge in [0.15, 0.2) is 0 Å². The molecule has 1 aliphatic rings. The fraction of sp³-hybridized carbons (Fsp3) is 0.190. The third-order valence-corrected chi connectivity index (χ3v) is 4.34. The summed E-state index contributed by atoms with van der Waals surface area (Å²) in [5.41, 5.74) is 3.05. The van der Waals surface area contributed by atoms with Crippen LogP contribution >= 0.6 is 0 Å². The Bertz CT molecular complexity index is 982. The smallest absolute Gasteiger partial charge is 0.270 e. The molecular formula is C21H19N3O2. The Kier molecular flexibility index (Phi) is 4.60. The van der Waals surface area contributed by atoms with E-state index in [1.807, 2.05) is 36.4 Å². The summed E-state index contributed by atoms with van der Waals surface area (Å²) >= 11 is 0. The maximum absolute atomic E-state index is 12.6. The number of benzene rings is 1. The SMILES string of the molecule is O=C1NCc2ccccc2OCCC/C=C/c2cncc3ccc1nc23. The van der Waals surface area contributed by atoms with Crippen molar-refractivity contribution in [3.05, 3.63) is 71.7 Å². The predicted molar refractivity (Wildman–Crippen MR) is 101 cm³/mol. The molecule has 0 spiro atoms. The van der Waals surface area contributed by atoms with Crippen molar-refractivity contribution >= 4 is 22.9 Å². The first kappa shape index (κ1) is 16.3. The molecule has 1 aliphatic heterocycles. The van der Waals surface area contributed by atoms with E-state index in [4.69, 9.17) is 4.74 Å². The van der Waals surface area contributed by atoms with Crippen molar-refractivity contribution < 1.29 is 9.53 Å². The van der Waals surface area contributed by atoms with Gasteiger partial charge < -0.3 is 10.1 Å². The van der Waals surface area contributed by atoms with E-state index >= 15 is 0 Å². The first-order chi connectivity index (χ1) is 12.8. The van der Waals surface area contributed by atoms with E-state index < -0.39 is 0 Å². The molecule has 4 rings (SSSR count). The number of ether oxygens (including phenoxy) is 1. The minimum absolute atomic E-state index is 0.205. The Morgan fingerprint density at radius 3 is 2.96 bits per heavy atom. The molecule has 5 nitrogen and oxygen atoms in total. The highest BCUT2D eigenvalue weighted by molar-refractivity contribution is 5.96. The lowest BCUT2D eigenvalue weighted by molar-refractivity contribution is 0.0946. The van der Waals surface area contributed by atoms with Crippen molar-refractivity contribution in [1.29, 1.82) is 0 Å². The molecule has 0 saturated heterocycles. The second-order valence-electron chi connectivity index (χ2n) is 6.18. The zero-order valence-electron chi connectivity index (χ0n) is 14.3. The molecule has 0 aliphatic carbocycles. The van der Waals surface area contributed by atoms with Crippen LogP contribution in [0.25, 0.3) is 17.0 Å². The summed E-state index contributed by atoms with van der Waals surface area (Å²) in [4.78, 5) is 21.4. The lowest BCUT2D eigenvalue weighted by Crippen LogP contribution is -2.24. The van der Waals surface area contributed by atoms with Gasteiger partial charge in [0.05, 0.1) is 12.1 Å². The van der Waals surface area contributed by atoms with Gasteiger partial charge >= 0.3 is 0 Å². The van der Waals surface area contributed by atoms with Crippen LogP contribution in [0.5, 0.6) is 5.75 Å². The van der Waals surface area contributed by atoms with Gasteiger partial charge in [0.2, 0.25) is 0 Å². The summed E-state index contributed by atoms with van der Waals surface area (Å²) in [5, 5.41) is 3.85. The van der Waals surface area contributed by atoms with E-state index in [1.165, 1.54) is 0 Å². The number of allylic oxidation sites excluding steroid dienone is 1. The first-order valence-electron chi connectivity index (χ1n) is 8.71. The predicted octanol–water partition coefficient (Wildman–Crippen LogP) is 3.75. The molecular weight excluding hydrogens is 326 g/mol. The summed E-state index contributed by atoms with van der Waals surface area (Å²) < 4.78 is 5.89. The average molecular weight is 345 g/mol. The van der Waals surface area contributed by atoms with E-state index in [0.29, 0.717) is 18.8 Å². The van der Waals surface area contributed by atoms with Gasteiger partial charge in [-0.2, -0.15) is 0 Å². The molecule has 5 heteroatoms. The molecule has 1 amide bonds. The number of hydrogen-bond acceptors (Lipinski definition) is 4. The van der Waals surface area contributed by atoms with Gasteiger partial charge in [0.25, 0.3) is 5.91 Å². The second kappa shape index (κ2) is 7.35. The van der Waals surface area contributed by atoms with Crippen LogP contribution in [0.2, 0.25) is 0 Å². The number of rotatable bonds is 0. The maximum atomic E-state index is 12.6. The Balaban J connectivity index is 1.72. The minimum Gasteiger partial charge on any atom is -0.493 e. The summed E-state index contributed by atoms with van der Waals surface area (Å²) in [7, 11) is 0. The molecule has 130 valence electrons. The monoisotopic (exact) mass is 345 g/mol. The van der Waals surface area contributed by atoms with Crippen molar-refractivity contribution in [3.8, 4) is 5.75 Å². The molecule has 0 saturated carbocycles. The molecule has 0 radical (unpaired) electrons. The van der Waals surface area contributed by atoms with Gasteiger partial charge in [0, 0.05) is 35.5 Å². The quantitative estimate of drug-likeness (QED) is 0.674. The molecule has 1 N–H and O–H groups in total. The van der Waals surface area contributed by atoms with Crippen molar-refractivity contribution in [2.24, 2.45) is 0 Å². The van der Waals surface area contributed by atoms with Crippen LogP contribution in [0.4, 0.5) is 0 Å². The van der Waals surface area contributed by atoms with Crippen LogP contribution < -0.4 is 10.1 Å². The Labute approximate surface area is 151 Å². The largest absolute Gasteiger partial charge is 0.493 e. The molecule has 2 aromatic heterocycles. The molecule has 2 bridgehead atoms. The van der Waals surface area contributed by atoms with Crippen LogP contribution in [0, 0.1) is 0 Å². The van der Waals surface area contributed by atoms with Gasteiger partial charge in [-0.3, -0.25) is 9.78 Å². The number of nitrogens with zero attached hydrogens (tertiary/aromatic N) is 2. The number of para-hydroxylation sites is 1. The minimum atomic E-state index is -0.205. The van der Waals surface area contributed by atoms with Crippen LogP contribution in [0.1, 0.15) is 34.5 Å². The number of carbonyl (C=O) groups excluding carboxylic acids is 1. The molecule has 26 heavy (non-hydrogen) atoms. The number of nitrogens with one attached hydrogen (secondary N) is 1. The van der Waals surface area contributed by atoms with Crippen LogP contribution in [0.15, 0.2) is 54.9 Å². The molecule has 1 aromatic carbocycles. The average Bonchev–Trinajstić information content (AvgIpc) is 2.69. The lowest BCUT2D eigenvalue weighted by Gasteiger charge is -2.12. The van der Waals surface area contributed by atoms with Crippen molar-refractivity contribution in [1.82, 2.24) is 15.3 Å². The number of pyridine rings is 2. The van der Waals surface area contributed by atoms with E-state index in [-0.39, 0.29) is 5.91 Å². The fourth-order valence-corrected chi connectivity index (χ4v) is 2.96. The van der Waals surface area contributed by atoms with Gasteiger partial charge in [-0.05, 0) is 31.0 Å². The maximum Gasteiger partial charge on any atom is 0.270 e. The molecule has 0 unspecified atom stereocenters. The highest BCUT2D eigenvalue weighted by Crippen LogP contribution is 2.20. The highest BCUT2D eigenvalue weighted by atomic mass is 16.5. The third kappa shape index (κ3) is 3.42. The van der Waals surface area contributed by atoms with Crippen molar-refractivity contribution in [2.45, 2.75) is 19.4 Å². The summed E-state index contributed by atoms with van der Waals surface area (Å²) in [6.45, 7) is 1.03. The van der Waals surface area contributed by atoms with Gasteiger partial charge in [-0.15, -0.1) is 0 Å². The molecule has 0 fully saturated rings. The zero-order chi connectivity index (χ0) is 17.8. The van der Waals surface area contributed by atoms with Gasteiger partial charge in [0.1, 0.15) is 11.4 Å². The first-order valence-corrected chi connectivity index (χ1v) is 8.71. The van der Waals surface area contributed by atoms with Crippen LogP contribution in [0.3, 0.4) is 0 Å². The summed E-state index contributed by atoms with van der Waals surface area (Å²) in [6, 6.07) is 11.4. The Morgan fingerprint density at radius 2 is 2.00 bits per heavy atom. The summed E-state index contributed by atoms with van der Waals surface area (Å²) in [6.07, 6.45) is 9.46. The number of amides is 1.